The summed E-state index contributed by atoms with van der Waals surface area (Å²) in [5.74, 6) is 2.07. The molecule has 1 N–H and O–H groups in total. The maximum atomic E-state index is 12.3. The molecule has 2 rings (SSSR count). The second-order valence-corrected chi connectivity index (χ2v) is 5.04. The quantitative estimate of drug-likeness (QED) is 0.837. The third-order valence-corrected chi connectivity index (χ3v) is 2.79. The number of nitrogens with one attached hydrogen (secondary N) is 1. The lowest BCUT2D eigenvalue weighted by Gasteiger charge is -2.14. The van der Waals surface area contributed by atoms with Crippen LogP contribution in [0.1, 0.15) is 19.4 Å². The van der Waals surface area contributed by atoms with Crippen LogP contribution >= 0.6 is 0 Å². The Balaban J connectivity index is 2.09. The lowest BCUT2D eigenvalue weighted by atomic mass is 10.1. The van der Waals surface area contributed by atoms with Gasteiger partial charge in [0.1, 0.15) is 12.4 Å². The molecule has 4 nitrogen and oxygen atoms in total. The van der Waals surface area contributed by atoms with Crippen molar-refractivity contribution in [3.05, 3.63) is 17.7 Å². The molecule has 0 radical (unpaired) electrons. The largest absolute Gasteiger partial charge is 0.487 e. The topological polar surface area (TPSA) is 39.7 Å². The fourth-order valence-corrected chi connectivity index (χ4v) is 1.89. The van der Waals surface area contributed by atoms with Gasteiger partial charge < -0.3 is 19.5 Å². The van der Waals surface area contributed by atoms with E-state index < -0.39 is 13.0 Å². The fraction of sp³-hybridized carbons (Fsp3) is 0.571. The number of benzene rings is 1. The third-order valence-electron chi connectivity index (χ3n) is 2.79. The van der Waals surface area contributed by atoms with Gasteiger partial charge in [0.15, 0.2) is 11.5 Å². The molecule has 6 heteroatoms. The third kappa shape index (κ3) is 3.96. The van der Waals surface area contributed by atoms with Gasteiger partial charge in [-0.25, -0.2) is 8.78 Å². The van der Waals surface area contributed by atoms with E-state index in [1.807, 2.05) is 0 Å². The molecule has 20 heavy (non-hydrogen) atoms. The molecule has 0 saturated heterocycles. The standard InChI is InChI=1S/C14H19F2NO3/c1-9(2)5-17-6-10-3-12-13(20-8-19-12)4-11(10)18-7-14(15)16/h3-4,9,14,17H,5-8H2,1-2H3. The summed E-state index contributed by atoms with van der Waals surface area (Å²) in [5.41, 5.74) is 0.788. The molecule has 0 fully saturated rings. The van der Waals surface area contributed by atoms with Crippen LogP contribution in [0, 0.1) is 5.92 Å². The van der Waals surface area contributed by atoms with Crippen molar-refractivity contribution in [3.63, 3.8) is 0 Å². The zero-order valence-electron chi connectivity index (χ0n) is 11.6. The first-order valence-corrected chi connectivity index (χ1v) is 6.60. The van der Waals surface area contributed by atoms with Gasteiger partial charge >= 0.3 is 0 Å². The molecule has 0 unspecified atom stereocenters. The number of hydrogen-bond acceptors (Lipinski definition) is 4. The van der Waals surface area contributed by atoms with Gasteiger partial charge in [-0.1, -0.05) is 13.8 Å². The van der Waals surface area contributed by atoms with Crippen LogP contribution in [0.4, 0.5) is 8.78 Å². The number of fused-ring (bicyclic) bond motifs is 1. The van der Waals surface area contributed by atoms with Crippen LogP contribution in [-0.2, 0) is 6.54 Å². The SMILES string of the molecule is CC(C)CNCc1cc2c(cc1OCC(F)F)OCO2. The Morgan fingerprint density at radius 3 is 2.60 bits per heavy atom. The second-order valence-electron chi connectivity index (χ2n) is 5.04. The summed E-state index contributed by atoms with van der Waals surface area (Å²) in [7, 11) is 0. The van der Waals surface area contributed by atoms with E-state index in [4.69, 9.17) is 14.2 Å². The summed E-state index contributed by atoms with van der Waals surface area (Å²) >= 11 is 0. The maximum Gasteiger partial charge on any atom is 0.272 e. The smallest absolute Gasteiger partial charge is 0.272 e. The molecule has 0 bridgehead atoms. The van der Waals surface area contributed by atoms with Crippen LogP contribution in [0.15, 0.2) is 12.1 Å². The van der Waals surface area contributed by atoms with E-state index in [1.54, 1.807) is 12.1 Å². The van der Waals surface area contributed by atoms with E-state index in [-0.39, 0.29) is 6.79 Å². The highest BCUT2D eigenvalue weighted by molar-refractivity contribution is 5.51. The number of rotatable bonds is 7. The van der Waals surface area contributed by atoms with Crippen molar-refractivity contribution in [3.8, 4) is 17.2 Å². The number of halogens is 2. The molecule has 1 heterocycles. The van der Waals surface area contributed by atoms with E-state index >= 15 is 0 Å². The van der Waals surface area contributed by atoms with Crippen molar-refractivity contribution >= 4 is 0 Å². The van der Waals surface area contributed by atoms with Gasteiger partial charge in [0.2, 0.25) is 6.79 Å². The Hall–Kier alpha value is -1.56. The number of ether oxygens (including phenoxy) is 3. The van der Waals surface area contributed by atoms with Gasteiger partial charge in [0, 0.05) is 18.2 Å². The molecule has 0 aromatic heterocycles. The van der Waals surface area contributed by atoms with Gasteiger partial charge in [-0.2, -0.15) is 0 Å². The highest BCUT2D eigenvalue weighted by Gasteiger charge is 2.18. The van der Waals surface area contributed by atoms with E-state index in [2.05, 4.69) is 19.2 Å². The summed E-state index contributed by atoms with van der Waals surface area (Å²) in [4.78, 5) is 0. The number of hydrogen-bond donors (Lipinski definition) is 1. The summed E-state index contributed by atoms with van der Waals surface area (Å²) < 4.78 is 40.3. The molecule has 1 aliphatic heterocycles. The van der Waals surface area contributed by atoms with Gasteiger partial charge in [0.05, 0.1) is 0 Å². The zero-order chi connectivity index (χ0) is 14.5. The first-order valence-electron chi connectivity index (χ1n) is 6.60. The minimum absolute atomic E-state index is 0.145. The van der Waals surface area contributed by atoms with Crippen molar-refractivity contribution in [2.45, 2.75) is 26.8 Å². The van der Waals surface area contributed by atoms with Gasteiger partial charge in [-0.3, -0.25) is 0 Å². The average molecular weight is 287 g/mol. The van der Waals surface area contributed by atoms with Gasteiger partial charge in [0.25, 0.3) is 6.43 Å². The van der Waals surface area contributed by atoms with Crippen molar-refractivity contribution in [1.82, 2.24) is 5.32 Å². The minimum atomic E-state index is -2.50. The fourth-order valence-electron chi connectivity index (χ4n) is 1.89. The van der Waals surface area contributed by atoms with Crippen molar-refractivity contribution < 1.29 is 23.0 Å². The molecular formula is C14H19F2NO3. The molecule has 1 aliphatic rings. The monoisotopic (exact) mass is 287 g/mol. The lowest BCUT2D eigenvalue weighted by molar-refractivity contribution is 0.0812. The average Bonchev–Trinajstić information content (AvgIpc) is 2.82. The van der Waals surface area contributed by atoms with Gasteiger partial charge in [-0.05, 0) is 18.5 Å². The Morgan fingerprint density at radius 2 is 1.95 bits per heavy atom. The maximum absolute atomic E-state index is 12.3. The predicted molar refractivity (Wildman–Crippen MR) is 70.6 cm³/mol. The molecule has 0 amide bonds. The second kappa shape index (κ2) is 6.74. The van der Waals surface area contributed by atoms with E-state index in [9.17, 15) is 8.78 Å². The zero-order valence-corrected chi connectivity index (χ0v) is 11.6. The van der Waals surface area contributed by atoms with Crippen LogP contribution in [0.25, 0.3) is 0 Å². The van der Waals surface area contributed by atoms with Gasteiger partial charge in [-0.15, -0.1) is 0 Å². The summed E-state index contributed by atoms with van der Waals surface area (Å²) in [6, 6.07) is 3.38. The van der Waals surface area contributed by atoms with E-state index in [1.165, 1.54) is 0 Å². The molecular weight excluding hydrogens is 268 g/mol. The summed E-state index contributed by atoms with van der Waals surface area (Å²) in [6.07, 6.45) is -2.50. The molecule has 112 valence electrons. The minimum Gasteiger partial charge on any atom is -0.487 e. The van der Waals surface area contributed by atoms with Crippen molar-refractivity contribution in [2.75, 3.05) is 19.9 Å². The molecule has 0 spiro atoms. The van der Waals surface area contributed by atoms with Crippen LogP contribution < -0.4 is 19.5 Å². The van der Waals surface area contributed by atoms with Crippen LogP contribution in [0.2, 0.25) is 0 Å². The lowest BCUT2D eigenvalue weighted by Crippen LogP contribution is -2.19. The Bertz CT molecular complexity index is 452. The Kier molecular flexibility index (Phi) is 5.00. The van der Waals surface area contributed by atoms with Crippen molar-refractivity contribution in [2.24, 2.45) is 5.92 Å². The van der Waals surface area contributed by atoms with E-state index in [0.717, 1.165) is 12.1 Å². The highest BCUT2D eigenvalue weighted by Crippen LogP contribution is 2.38. The molecule has 1 aromatic carbocycles. The molecule has 0 saturated carbocycles. The van der Waals surface area contributed by atoms with Crippen molar-refractivity contribution in [1.29, 1.82) is 0 Å². The Morgan fingerprint density at radius 1 is 1.25 bits per heavy atom. The first kappa shape index (κ1) is 14.8. The molecule has 0 atom stereocenters. The Labute approximate surface area is 117 Å². The normalized spacial score (nSPS) is 13.3. The predicted octanol–water partition coefficient (Wildman–Crippen LogP) is 2.80. The van der Waals surface area contributed by atoms with E-state index in [0.29, 0.717) is 29.7 Å². The molecule has 0 aliphatic carbocycles. The highest BCUT2D eigenvalue weighted by atomic mass is 19.3. The van der Waals surface area contributed by atoms with Crippen LogP contribution in [0.5, 0.6) is 17.2 Å². The number of alkyl halides is 2. The van der Waals surface area contributed by atoms with Crippen LogP contribution in [-0.4, -0.2) is 26.4 Å². The van der Waals surface area contributed by atoms with Crippen LogP contribution in [0.3, 0.4) is 0 Å². The molecule has 1 aromatic rings. The summed E-state index contributed by atoms with van der Waals surface area (Å²) in [6.45, 7) is 5.08. The first-order chi connectivity index (χ1) is 9.56. The summed E-state index contributed by atoms with van der Waals surface area (Å²) in [5, 5.41) is 3.26.